The lowest BCUT2D eigenvalue weighted by atomic mass is 10.2. The van der Waals surface area contributed by atoms with Crippen molar-refractivity contribution in [3.63, 3.8) is 0 Å². The van der Waals surface area contributed by atoms with Crippen LogP contribution in [0.5, 0.6) is 0 Å². The zero-order valence-corrected chi connectivity index (χ0v) is 12.2. The third kappa shape index (κ3) is 3.03. The van der Waals surface area contributed by atoms with E-state index in [2.05, 4.69) is 9.82 Å². The summed E-state index contributed by atoms with van der Waals surface area (Å²) in [7, 11) is -2.33. The molecule has 0 aliphatic rings. The highest BCUT2D eigenvalue weighted by molar-refractivity contribution is 7.89. The fraction of sp³-hybridized carbons (Fsp3) is 0.250. The maximum absolute atomic E-state index is 13.1. The Labute approximate surface area is 120 Å². The first-order valence-corrected chi connectivity index (χ1v) is 7.43. The Bertz CT molecular complexity index is 787. The van der Waals surface area contributed by atoms with Gasteiger partial charge in [-0.25, -0.2) is 21.9 Å². The molecule has 0 bridgehead atoms. The molecule has 0 fully saturated rings. The molecule has 2 aromatic rings. The van der Waals surface area contributed by atoms with Gasteiger partial charge >= 0.3 is 0 Å². The third-order valence-electron chi connectivity index (χ3n) is 3.02. The molecule has 0 saturated carbocycles. The van der Waals surface area contributed by atoms with E-state index in [9.17, 15) is 17.2 Å². The molecular formula is C12H14F2N4O2S. The molecular weight excluding hydrogens is 302 g/mol. The van der Waals surface area contributed by atoms with Crippen LogP contribution in [-0.2, 0) is 23.6 Å². The van der Waals surface area contributed by atoms with Gasteiger partial charge in [0.15, 0.2) is 17.5 Å². The van der Waals surface area contributed by atoms with E-state index in [1.165, 1.54) is 10.7 Å². The SMILES string of the molecule is Cc1c(S(=O)(=O)NCc2ccc(F)c(F)c2)c(N)nn1C. The van der Waals surface area contributed by atoms with Crippen LogP contribution in [0.25, 0.3) is 0 Å². The molecule has 1 aromatic carbocycles. The van der Waals surface area contributed by atoms with Crippen LogP contribution < -0.4 is 10.5 Å². The van der Waals surface area contributed by atoms with E-state index in [-0.39, 0.29) is 22.8 Å². The monoisotopic (exact) mass is 316 g/mol. The predicted octanol–water partition coefficient (Wildman–Crippen LogP) is 1.07. The highest BCUT2D eigenvalue weighted by atomic mass is 32.2. The molecule has 0 atom stereocenters. The van der Waals surface area contributed by atoms with Crippen LogP contribution in [0.4, 0.5) is 14.6 Å². The van der Waals surface area contributed by atoms with Gasteiger partial charge in [0.25, 0.3) is 0 Å². The van der Waals surface area contributed by atoms with Gasteiger partial charge in [0.2, 0.25) is 10.0 Å². The standard InChI is InChI=1S/C12H14F2N4O2S/c1-7-11(12(15)17-18(7)2)21(19,20)16-6-8-3-4-9(13)10(14)5-8/h3-5,16H,6H2,1-2H3,(H2,15,17). The van der Waals surface area contributed by atoms with E-state index in [0.29, 0.717) is 5.69 Å². The largest absolute Gasteiger partial charge is 0.381 e. The van der Waals surface area contributed by atoms with Gasteiger partial charge in [-0.3, -0.25) is 4.68 Å². The van der Waals surface area contributed by atoms with Crippen LogP contribution in [0.1, 0.15) is 11.3 Å². The molecule has 0 spiro atoms. The number of sulfonamides is 1. The lowest BCUT2D eigenvalue weighted by Gasteiger charge is -2.07. The minimum atomic E-state index is -3.90. The first-order chi connectivity index (χ1) is 9.72. The van der Waals surface area contributed by atoms with E-state index in [1.807, 2.05) is 0 Å². The smallest absolute Gasteiger partial charge is 0.246 e. The molecule has 0 saturated heterocycles. The molecule has 1 heterocycles. The Balaban J connectivity index is 2.24. The molecule has 9 heteroatoms. The van der Waals surface area contributed by atoms with Crippen molar-refractivity contribution in [3.8, 4) is 0 Å². The number of nitrogens with two attached hydrogens (primary N) is 1. The first-order valence-electron chi connectivity index (χ1n) is 5.95. The number of rotatable bonds is 4. The number of nitrogens with zero attached hydrogens (tertiary/aromatic N) is 2. The van der Waals surface area contributed by atoms with E-state index >= 15 is 0 Å². The van der Waals surface area contributed by atoms with Gasteiger partial charge < -0.3 is 5.73 Å². The highest BCUT2D eigenvalue weighted by Crippen LogP contribution is 2.21. The van der Waals surface area contributed by atoms with Crippen molar-refractivity contribution in [2.75, 3.05) is 5.73 Å². The fourth-order valence-electron chi connectivity index (χ4n) is 1.85. The molecule has 0 aliphatic carbocycles. The van der Waals surface area contributed by atoms with Crippen LogP contribution in [0, 0.1) is 18.6 Å². The normalized spacial score (nSPS) is 11.8. The minimum absolute atomic E-state index is 0.118. The number of anilines is 1. The zero-order valence-electron chi connectivity index (χ0n) is 11.4. The van der Waals surface area contributed by atoms with Crippen molar-refractivity contribution in [2.45, 2.75) is 18.4 Å². The van der Waals surface area contributed by atoms with Crippen LogP contribution >= 0.6 is 0 Å². The van der Waals surface area contributed by atoms with Gasteiger partial charge in [-0.05, 0) is 24.6 Å². The summed E-state index contributed by atoms with van der Waals surface area (Å²) in [4.78, 5) is -0.118. The number of aryl methyl sites for hydroxylation is 1. The fourth-order valence-corrected chi connectivity index (χ4v) is 3.18. The van der Waals surface area contributed by atoms with Gasteiger partial charge in [0.1, 0.15) is 4.90 Å². The Morgan fingerprint density at radius 2 is 2.00 bits per heavy atom. The minimum Gasteiger partial charge on any atom is -0.381 e. The zero-order chi connectivity index (χ0) is 15.8. The summed E-state index contributed by atoms with van der Waals surface area (Å²) in [6.45, 7) is 1.38. The lowest BCUT2D eigenvalue weighted by Crippen LogP contribution is -2.24. The predicted molar refractivity (Wildman–Crippen MR) is 72.7 cm³/mol. The van der Waals surface area contributed by atoms with Crippen molar-refractivity contribution in [3.05, 3.63) is 41.1 Å². The van der Waals surface area contributed by atoms with Crippen molar-refractivity contribution in [1.82, 2.24) is 14.5 Å². The molecule has 6 nitrogen and oxygen atoms in total. The second kappa shape index (κ2) is 5.41. The van der Waals surface area contributed by atoms with Crippen molar-refractivity contribution >= 4 is 15.8 Å². The molecule has 0 amide bonds. The molecule has 2 rings (SSSR count). The Kier molecular flexibility index (Phi) is 3.97. The summed E-state index contributed by atoms with van der Waals surface area (Å²) in [6.07, 6.45) is 0. The Morgan fingerprint density at radius 3 is 2.52 bits per heavy atom. The van der Waals surface area contributed by atoms with E-state index < -0.39 is 21.7 Å². The summed E-state index contributed by atoms with van der Waals surface area (Å²) >= 11 is 0. The number of hydrogen-bond donors (Lipinski definition) is 2. The quantitative estimate of drug-likeness (QED) is 0.883. The molecule has 0 radical (unpaired) electrons. The van der Waals surface area contributed by atoms with Crippen molar-refractivity contribution in [2.24, 2.45) is 7.05 Å². The number of nitrogens with one attached hydrogen (secondary N) is 1. The topological polar surface area (TPSA) is 90.0 Å². The highest BCUT2D eigenvalue weighted by Gasteiger charge is 2.24. The molecule has 3 N–H and O–H groups in total. The van der Waals surface area contributed by atoms with Gasteiger partial charge in [0.05, 0.1) is 5.69 Å². The number of hydrogen-bond acceptors (Lipinski definition) is 4. The van der Waals surface area contributed by atoms with E-state index in [1.54, 1.807) is 14.0 Å². The molecule has 114 valence electrons. The first kappa shape index (κ1) is 15.4. The number of aromatic nitrogens is 2. The van der Waals surface area contributed by atoms with Gasteiger partial charge in [-0.2, -0.15) is 5.10 Å². The molecule has 1 aromatic heterocycles. The summed E-state index contributed by atoms with van der Waals surface area (Å²) in [5.74, 6) is -2.15. The third-order valence-corrected chi connectivity index (χ3v) is 4.59. The van der Waals surface area contributed by atoms with Gasteiger partial charge in [0, 0.05) is 13.6 Å². The number of nitrogen functional groups attached to an aromatic ring is 1. The van der Waals surface area contributed by atoms with Crippen molar-refractivity contribution in [1.29, 1.82) is 0 Å². The molecule has 0 unspecified atom stereocenters. The van der Waals surface area contributed by atoms with Crippen LogP contribution in [0.3, 0.4) is 0 Å². The maximum Gasteiger partial charge on any atom is 0.246 e. The van der Waals surface area contributed by atoms with Crippen molar-refractivity contribution < 1.29 is 17.2 Å². The maximum atomic E-state index is 13.1. The lowest BCUT2D eigenvalue weighted by molar-refractivity contribution is 0.506. The average molecular weight is 316 g/mol. The number of benzene rings is 1. The van der Waals surface area contributed by atoms with Crippen LogP contribution in [0.15, 0.2) is 23.1 Å². The van der Waals surface area contributed by atoms with E-state index in [0.717, 1.165) is 12.1 Å². The average Bonchev–Trinajstić information content (AvgIpc) is 2.65. The van der Waals surface area contributed by atoms with Crippen LogP contribution in [0.2, 0.25) is 0 Å². The second-order valence-corrected chi connectivity index (χ2v) is 6.20. The Morgan fingerprint density at radius 1 is 1.33 bits per heavy atom. The van der Waals surface area contributed by atoms with E-state index in [4.69, 9.17) is 5.73 Å². The summed E-state index contributed by atoms with van der Waals surface area (Å²) < 4.78 is 53.9. The van der Waals surface area contributed by atoms with Gasteiger partial charge in [-0.15, -0.1) is 0 Å². The summed E-state index contributed by atoms with van der Waals surface area (Å²) in [5, 5.41) is 3.82. The van der Waals surface area contributed by atoms with Crippen LogP contribution in [-0.4, -0.2) is 18.2 Å². The summed E-state index contributed by atoms with van der Waals surface area (Å²) in [6, 6.07) is 3.15. The number of halogens is 2. The second-order valence-electron chi connectivity index (χ2n) is 4.50. The molecule has 21 heavy (non-hydrogen) atoms. The van der Waals surface area contributed by atoms with Gasteiger partial charge in [-0.1, -0.05) is 6.07 Å². The molecule has 0 aliphatic heterocycles. The Hall–Kier alpha value is -2.00. The summed E-state index contributed by atoms with van der Waals surface area (Å²) in [5.41, 5.74) is 6.25.